The summed E-state index contributed by atoms with van der Waals surface area (Å²) in [5.74, 6) is -0.200. The normalized spacial score (nSPS) is 10.3. The van der Waals surface area contributed by atoms with Crippen molar-refractivity contribution in [2.24, 2.45) is 0 Å². The van der Waals surface area contributed by atoms with Gasteiger partial charge in [-0.2, -0.15) is 0 Å². The van der Waals surface area contributed by atoms with Crippen LogP contribution in [0.3, 0.4) is 0 Å². The van der Waals surface area contributed by atoms with Crippen LogP contribution < -0.4 is 5.32 Å². The molecule has 104 valence electrons. The Hall–Kier alpha value is -2.73. The molecule has 0 spiro atoms. The van der Waals surface area contributed by atoms with Gasteiger partial charge in [0, 0.05) is 11.3 Å². The Balaban J connectivity index is 1.75. The molecule has 1 aromatic heterocycles. The summed E-state index contributed by atoms with van der Waals surface area (Å²) in [5.41, 5.74) is 2.09. The van der Waals surface area contributed by atoms with Gasteiger partial charge >= 0.3 is 0 Å². The summed E-state index contributed by atoms with van der Waals surface area (Å²) in [6.45, 7) is 0. The van der Waals surface area contributed by atoms with Crippen LogP contribution in [0.15, 0.2) is 54.7 Å². The van der Waals surface area contributed by atoms with Gasteiger partial charge in [0.1, 0.15) is 5.75 Å². The van der Waals surface area contributed by atoms with Crippen molar-refractivity contribution in [3.8, 4) is 16.2 Å². The Kier molecular flexibility index (Phi) is 3.61. The van der Waals surface area contributed by atoms with Crippen LogP contribution in [0.1, 0.15) is 10.4 Å². The number of aromatic nitrogens is 2. The van der Waals surface area contributed by atoms with Crippen molar-refractivity contribution >= 4 is 23.1 Å². The van der Waals surface area contributed by atoms with Gasteiger partial charge in [-0.25, -0.2) is 0 Å². The first-order valence-corrected chi connectivity index (χ1v) is 6.98. The van der Waals surface area contributed by atoms with Crippen molar-refractivity contribution in [2.45, 2.75) is 0 Å². The summed E-state index contributed by atoms with van der Waals surface area (Å²) >= 11 is 1.32. The van der Waals surface area contributed by atoms with Gasteiger partial charge in [-0.05, 0) is 47.4 Å². The van der Waals surface area contributed by atoms with E-state index in [4.69, 9.17) is 0 Å². The molecule has 5 nitrogen and oxygen atoms in total. The molecule has 3 aromatic rings. The molecule has 21 heavy (non-hydrogen) atoms. The number of nitrogens with zero attached hydrogens (tertiary/aromatic N) is 2. The molecule has 0 aliphatic rings. The van der Waals surface area contributed by atoms with Crippen molar-refractivity contribution in [3.63, 3.8) is 0 Å². The number of rotatable bonds is 3. The lowest BCUT2D eigenvalue weighted by Crippen LogP contribution is -2.11. The number of hydrogen-bond acceptors (Lipinski definition) is 5. The summed E-state index contributed by atoms with van der Waals surface area (Å²) in [6.07, 6.45) is 1.70. The number of amides is 1. The zero-order valence-corrected chi connectivity index (χ0v) is 11.7. The Morgan fingerprint density at radius 1 is 1.14 bits per heavy atom. The second-order valence-electron chi connectivity index (χ2n) is 4.36. The van der Waals surface area contributed by atoms with Crippen molar-refractivity contribution in [2.75, 3.05) is 5.32 Å². The zero-order chi connectivity index (χ0) is 14.7. The minimum absolute atomic E-state index is 0.0655. The van der Waals surface area contributed by atoms with Gasteiger partial charge in [-0.15, -0.1) is 5.10 Å². The summed E-state index contributed by atoms with van der Waals surface area (Å²) in [6, 6.07) is 13.6. The van der Waals surface area contributed by atoms with Crippen LogP contribution in [-0.4, -0.2) is 20.6 Å². The van der Waals surface area contributed by atoms with Gasteiger partial charge in [0.05, 0.1) is 11.1 Å². The highest BCUT2D eigenvalue weighted by Gasteiger charge is 2.07. The van der Waals surface area contributed by atoms with Crippen molar-refractivity contribution in [3.05, 3.63) is 60.3 Å². The predicted octanol–water partition coefficient (Wildman–Crippen LogP) is 3.16. The number of nitrogens with one attached hydrogen (secondary N) is 1. The van der Waals surface area contributed by atoms with E-state index in [1.54, 1.807) is 18.3 Å². The lowest BCUT2D eigenvalue weighted by molar-refractivity contribution is 0.102. The maximum atomic E-state index is 12.0. The highest BCUT2D eigenvalue weighted by Crippen LogP contribution is 2.23. The van der Waals surface area contributed by atoms with Crippen LogP contribution in [0.5, 0.6) is 5.75 Å². The fourth-order valence-corrected chi connectivity index (χ4v) is 2.38. The standard InChI is InChI=1S/C15H11N3O2S/c19-13-3-1-2-11(8-13)15(20)17-12-6-4-10(5-7-12)14-9-16-18-21-14/h1-9,19H,(H,17,20). The first-order valence-electron chi connectivity index (χ1n) is 6.20. The minimum Gasteiger partial charge on any atom is -0.508 e. The van der Waals surface area contributed by atoms with E-state index in [0.29, 0.717) is 11.3 Å². The van der Waals surface area contributed by atoms with Crippen molar-refractivity contribution in [1.82, 2.24) is 9.59 Å². The maximum Gasteiger partial charge on any atom is 0.255 e. The van der Waals surface area contributed by atoms with Crippen molar-refractivity contribution in [1.29, 1.82) is 0 Å². The van der Waals surface area contributed by atoms with E-state index in [1.807, 2.05) is 24.3 Å². The number of benzene rings is 2. The molecule has 0 unspecified atom stereocenters. The number of aromatic hydroxyl groups is 1. The van der Waals surface area contributed by atoms with E-state index in [2.05, 4.69) is 14.9 Å². The Bertz CT molecular complexity index is 755. The number of phenols is 1. The molecule has 1 heterocycles. The highest BCUT2D eigenvalue weighted by molar-refractivity contribution is 7.09. The molecule has 3 rings (SSSR count). The van der Waals surface area contributed by atoms with Gasteiger partial charge in [0.15, 0.2) is 0 Å². The molecular weight excluding hydrogens is 286 g/mol. The smallest absolute Gasteiger partial charge is 0.255 e. The number of carbonyl (C=O) groups is 1. The van der Waals surface area contributed by atoms with Crippen LogP contribution in [0.2, 0.25) is 0 Å². The molecule has 0 atom stereocenters. The lowest BCUT2D eigenvalue weighted by atomic mass is 10.1. The predicted molar refractivity (Wildman–Crippen MR) is 81.4 cm³/mol. The average molecular weight is 297 g/mol. The number of phenolic OH excluding ortho intramolecular Hbond substituents is 1. The second-order valence-corrected chi connectivity index (χ2v) is 5.15. The Morgan fingerprint density at radius 2 is 1.95 bits per heavy atom. The number of anilines is 1. The summed E-state index contributed by atoms with van der Waals surface area (Å²) in [4.78, 5) is 13.0. The van der Waals surface area contributed by atoms with Crippen molar-refractivity contribution < 1.29 is 9.90 Å². The van der Waals surface area contributed by atoms with E-state index in [-0.39, 0.29) is 11.7 Å². The van der Waals surface area contributed by atoms with E-state index < -0.39 is 0 Å². The van der Waals surface area contributed by atoms with E-state index in [0.717, 1.165) is 10.4 Å². The second kappa shape index (κ2) is 5.72. The van der Waals surface area contributed by atoms with Crippen LogP contribution in [0.4, 0.5) is 5.69 Å². The SMILES string of the molecule is O=C(Nc1ccc(-c2cnns2)cc1)c1cccc(O)c1. The lowest BCUT2D eigenvalue weighted by Gasteiger charge is -2.06. The summed E-state index contributed by atoms with van der Waals surface area (Å²) in [5, 5.41) is 16.0. The fraction of sp³-hybridized carbons (Fsp3) is 0. The molecule has 2 aromatic carbocycles. The average Bonchev–Trinajstić information content (AvgIpc) is 3.02. The van der Waals surface area contributed by atoms with Gasteiger partial charge in [-0.3, -0.25) is 4.79 Å². The molecule has 2 N–H and O–H groups in total. The third kappa shape index (κ3) is 3.06. The van der Waals surface area contributed by atoms with Crippen LogP contribution in [0.25, 0.3) is 10.4 Å². The monoisotopic (exact) mass is 297 g/mol. The van der Waals surface area contributed by atoms with E-state index >= 15 is 0 Å². The highest BCUT2D eigenvalue weighted by atomic mass is 32.1. The molecule has 6 heteroatoms. The first kappa shape index (κ1) is 13.3. The van der Waals surface area contributed by atoms with Gasteiger partial charge in [0.25, 0.3) is 5.91 Å². The van der Waals surface area contributed by atoms with Gasteiger partial charge in [0.2, 0.25) is 0 Å². The summed E-state index contributed by atoms with van der Waals surface area (Å²) in [7, 11) is 0. The molecule has 0 saturated heterocycles. The Morgan fingerprint density at radius 3 is 2.62 bits per heavy atom. The van der Waals surface area contributed by atoms with Crippen LogP contribution in [-0.2, 0) is 0 Å². The quantitative estimate of drug-likeness (QED) is 0.778. The minimum atomic E-state index is -0.266. The molecule has 0 fully saturated rings. The third-order valence-corrected chi connectivity index (χ3v) is 3.61. The zero-order valence-electron chi connectivity index (χ0n) is 10.9. The molecule has 0 bridgehead atoms. The van der Waals surface area contributed by atoms with E-state index in [1.165, 1.54) is 23.7 Å². The molecule has 0 saturated carbocycles. The molecule has 1 amide bonds. The molecule has 0 aliphatic heterocycles. The third-order valence-electron chi connectivity index (χ3n) is 2.90. The maximum absolute atomic E-state index is 12.0. The molecular formula is C15H11N3O2S. The Labute approximate surface area is 125 Å². The van der Waals surface area contributed by atoms with Crippen LogP contribution in [0, 0.1) is 0 Å². The largest absolute Gasteiger partial charge is 0.508 e. The van der Waals surface area contributed by atoms with E-state index in [9.17, 15) is 9.90 Å². The topological polar surface area (TPSA) is 75.1 Å². The molecule has 0 aliphatic carbocycles. The molecule has 0 radical (unpaired) electrons. The van der Waals surface area contributed by atoms with Gasteiger partial charge in [-0.1, -0.05) is 22.7 Å². The number of hydrogen-bond donors (Lipinski definition) is 2. The fourth-order valence-electron chi connectivity index (χ4n) is 1.86. The van der Waals surface area contributed by atoms with Gasteiger partial charge < -0.3 is 10.4 Å². The number of carbonyl (C=O) groups excluding carboxylic acids is 1. The first-order chi connectivity index (χ1) is 10.2. The van der Waals surface area contributed by atoms with Crippen LogP contribution >= 0.6 is 11.5 Å². The summed E-state index contributed by atoms with van der Waals surface area (Å²) < 4.78 is 3.82.